The maximum atomic E-state index is 8.16. The fourth-order valence-electron chi connectivity index (χ4n) is 0.557. The smallest absolute Gasteiger partial charge is 0.114 e. The van der Waals surface area contributed by atoms with Crippen molar-refractivity contribution in [2.45, 2.75) is 0 Å². The molecule has 0 aliphatic rings. The molecule has 1 rings (SSSR count). The second kappa shape index (κ2) is 3.31. The lowest BCUT2D eigenvalue weighted by Gasteiger charge is -1.91. The van der Waals surface area contributed by atoms with Gasteiger partial charge in [-0.3, -0.25) is 0 Å². The van der Waals surface area contributed by atoms with Crippen LogP contribution in [0.2, 0.25) is 0 Å². The van der Waals surface area contributed by atoms with Crippen molar-refractivity contribution >= 4 is 22.1 Å². The lowest BCUT2D eigenvalue weighted by atomic mass is 10.3. The summed E-state index contributed by atoms with van der Waals surface area (Å²) in [6, 6.07) is 3.55. The highest BCUT2D eigenvalue weighted by Crippen LogP contribution is 2.09. The molecule has 0 saturated heterocycles. The highest BCUT2D eigenvalue weighted by Gasteiger charge is 1.93. The van der Waals surface area contributed by atoms with Gasteiger partial charge in [0.1, 0.15) is 4.60 Å². The molecule has 1 aromatic heterocycles. The average molecular weight is 201 g/mol. The molecule has 3 nitrogen and oxygen atoms in total. The first-order valence-corrected chi connectivity index (χ1v) is 3.42. The van der Waals surface area contributed by atoms with Crippen LogP contribution in [0.4, 0.5) is 0 Å². The molecule has 10 heavy (non-hydrogen) atoms. The molecule has 0 unspecified atom stereocenters. The zero-order valence-electron chi connectivity index (χ0n) is 5.03. The minimum atomic E-state index is 0.674. The van der Waals surface area contributed by atoms with Crippen LogP contribution in [-0.4, -0.2) is 16.4 Å². The predicted octanol–water partition coefficient (Wildman–Crippen LogP) is 1.65. The number of rotatable bonds is 1. The SMILES string of the molecule is O/N=C/c1cccnc1Br. The van der Waals surface area contributed by atoms with Crippen molar-refractivity contribution in [2.24, 2.45) is 5.16 Å². The number of nitrogens with zero attached hydrogens (tertiary/aromatic N) is 2. The van der Waals surface area contributed by atoms with E-state index in [1.807, 2.05) is 0 Å². The first-order chi connectivity index (χ1) is 4.84. The van der Waals surface area contributed by atoms with Crippen molar-refractivity contribution < 1.29 is 5.21 Å². The Labute approximate surface area is 66.5 Å². The van der Waals surface area contributed by atoms with Crippen LogP contribution in [0.3, 0.4) is 0 Å². The van der Waals surface area contributed by atoms with Gasteiger partial charge in [-0.15, -0.1) is 0 Å². The summed E-state index contributed by atoms with van der Waals surface area (Å²) in [6.07, 6.45) is 2.97. The van der Waals surface area contributed by atoms with Crippen molar-refractivity contribution in [2.75, 3.05) is 0 Å². The summed E-state index contributed by atoms with van der Waals surface area (Å²) in [4.78, 5) is 3.91. The number of halogens is 1. The second-order valence-electron chi connectivity index (χ2n) is 1.63. The van der Waals surface area contributed by atoms with Gasteiger partial charge >= 0.3 is 0 Å². The Morgan fingerprint density at radius 3 is 3.10 bits per heavy atom. The molecule has 0 saturated carbocycles. The number of hydrogen-bond donors (Lipinski definition) is 1. The van der Waals surface area contributed by atoms with E-state index in [2.05, 4.69) is 26.1 Å². The third-order valence-corrected chi connectivity index (χ3v) is 1.65. The zero-order valence-corrected chi connectivity index (χ0v) is 6.62. The van der Waals surface area contributed by atoms with E-state index in [1.165, 1.54) is 6.21 Å². The van der Waals surface area contributed by atoms with E-state index in [-0.39, 0.29) is 0 Å². The van der Waals surface area contributed by atoms with Crippen LogP contribution < -0.4 is 0 Å². The maximum absolute atomic E-state index is 8.16. The summed E-state index contributed by atoms with van der Waals surface area (Å²) < 4.78 is 0.674. The van der Waals surface area contributed by atoms with Gasteiger partial charge in [-0.1, -0.05) is 5.16 Å². The van der Waals surface area contributed by atoms with E-state index < -0.39 is 0 Å². The maximum Gasteiger partial charge on any atom is 0.114 e. The van der Waals surface area contributed by atoms with Gasteiger partial charge in [0.05, 0.1) is 6.21 Å². The molecule has 1 N–H and O–H groups in total. The van der Waals surface area contributed by atoms with E-state index >= 15 is 0 Å². The summed E-state index contributed by atoms with van der Waals surface area (Å²) in [5.74, 6) is 0. The van der Waals surface area contributed by atoms with Crippen LogP contribution in [0.1, 0.15) is 5.56 Å². The summed E-state index contributed by atoms with van der Waals surface area (Å²) in [6.45, 7) is 0. The topological polar surface area (TPSA) is 45.5 Å². The molecule has 4 heteroatoms. The zero-order chi connectivity index (χ0) is 7.40. The average Bonchev–Trinajstić information content (AvgIpc) is 1.94. The van der Waals surface area contributed by atoms with E-state index in [0.29, 0.717) is 4.60 Å². The Bertz CT molecular complexity index is 249. The molecule has 1 heterocycles. The molecular weight excluding hydrogens is 196 g/mol. The van der Waals surface area contributed by atoms with Crippen molar-refractivity contribution in [1.29, 1.82) is 0 Å². The molecule has 1 aromatic rings. The molecule has 0 aromatic carbocycles. The Morgan fingerprint density at radius 1 is 1.70 bits per heavy atom. The van der Waals surface area contributed by atoms with E-state index in [4.69, 9.17) is 5.21 Å². The minimum absolute atomic E-state index is 0.674. The van der Waals surface area contributed by atoms with Crippen molar-refractivity contribution in [3.8, 4) is 0 Å². The fourth-order valence-corrected chi connectivity index (χ4v) is 0.910. The van der Waals surface area contributed by atoms with Gasteiger partial charge in [0.2, 0.25) is 0 Å². The Hall–Kier alpha value is -0.900. The molecule has 0 bridgehead atoms. The first kappa shape index (κ1) is 7.21. The summed E-state index contributed by atoms with van der Waals surface area (Å²) in [5, 5.41) is 11.0. The normalized spacial score (nSPS) is 10.5. The molecule has 0 fully saturated rings. The van der Waals surface area contributed by atoms with Gasteiger partial charge < -0.3 is 5.21 Å². The monoisotopic (exact) mass is 200 g/mol. The lowest BCUT2D eigenvalue weighted by molar-refractivity contribution is 0.322. The van der Waals surface area contributed by atoms with Crippen LogP contribution in [-0.2, 0) is 0 Å². The third-order valence-electron chi connectivity index (χ3n) is 0.985. The summed E-state index contributed by atoms with van der Waals surface area (Å²) in [5.41, 5.74) is 0.755. The van der Waals surface area contributed by atoms with E-state index in [9.17, 15) is 0 Å². The quantitative estimate of drug-likeness (QED) is 0.325. The van der Waals surface area contributed by atoms with Gasteiger partial charge in [-0.25, -0.2) is 4.98 Å². The highest BCUT2D eigenvalue weighted by molar-refractivity contribution is 9.10. The number of hydrogen-bond acceptors (Lipinski definition) is 3. The second-order valence-corrected chi connectivity index (χ2v) is 2.38. The van der Waals surface area contributed by atoms with Gasteiger partial charge in [0, 0.05) is 11.8 Å². The highest BCUT2D eigenvalue weighted by atomic mass is 79.9. The van der Waals surface area contributed by atoms with Gasteiger partial charge in [-0.2, -0.15) is 0 Å². The first-order valence-electron chi connectivity index (χ1n) is 2.62. The largest absolute Gasteiger partial charge is 0.411 e. The Kier molecular flexibility index (Phi) is 2.39. The summed E-state index contributed by atoms with van der Waals surface area (Å²) in [7, 11) is 0. The molecule has 52 valence electrons. The van der Waals surface area contributed by atoms with E-state index in [0.717, 1.165) is 5.56 Å². The molecule has 0 aliphatic carbocycles. The number of aromatic nitrogens is 1. The fraction of sp³-hybridized carbons (Fsp3) is 0. The van der Waals surface area contributed by atoms with Crippen LogP contribution in [0.25, 0.3) is 0 Å². The van der Waals surface area contributed by atoms with Crippen LogP contribution >= 0.6 is 15.9 Å². The minimum Gasteiger partial charge on any atom is -0.411 e. The molecule has 0 spiro atoms. The molecule has 0 atom stereocenters. The molecular formula is C6H5BrN2O. The lowest BCUT2D eigenvalue weighted by Crippen LogP contribution is -1.84. The van der Waals surface area contributed by atoms with Crippen LogP contribution in [0.5, 0.6) is 0 Å². The number of pyridine rings is 1. The van der Waals surface area contributed by atoms with Crippen LogP contribution in [0, 0.1) is 0 Å². The molecule has 0 radical (unpaired) electrons. The van der Waals surface area contributed by atoms with Gasteiger partial charge in [0.25, 0.3) is 0 Å². The Morgan fingerprint density at radius 2 is 2.50 bits per heavy atom. The third kappa shape index (κ3) is 1.54. The van der Waals surface area contributed by atoms with Crippen molar-refractivity contribution in [1.82, 2.24) is 4.98 Å². The number of oxime groups is 1. The van der Waals surface area contributed by atoms with Gasteiger partial charge in [-0.05, 0) is 28.1 Å². The predicted molar refractivity (Wildman–Crippen MR) is 41.3 cm³/mol. The van der Waals surface area contributed by atoms with Gasteiger partial charge in [0.15, 0.2) is 0 Å². The summed E-state index contributed by atoms with van der Waals surface area (Å²) >= 11 is 3.18. The Balaban J connectivity index is 3.03. The van der Waals surface area contributed by atoms with Crippen LogP contribution in [0.15, 0.2) is 28.1 Å². The van der Waals surface area contributed by atoms with Crippen molar-refractivity contribution in [3.05, 3.63) is 28.5 Å². The van der Waals surface area contributed by atoms with E-state index in [1.54, 1.807) is 18.3 Å². The molecule has 0 amide bonds. The standard InChI is InChI=1S/C6H5BrN2O/c7-6-5(4-9-10)2-1-3-8-6/h1-4,10H/b9-4+. The van der Waals surface area contributed by atoms with Crippen molar-refractivity contribution in [3.63, 3.8) is 0 Å². The molecule has 0 aliphatic heterocycles.